The minimum absolute atomic E-state index is 0.116. The lowest BCUT2D eigenvalue weighted by Crippen LogP contribution is -2.50. The summed E-state index contributed by atoms with van der Waals surface area (Å²) in [5.41, 5.74) is 5.69. The molecule has 4 aromatic rings. The summed E-state index contributed by atoms with van der Waals surface area (Å²) in [5.74, 6) is 1.51. The second-order valence-corrected chi connectivity index (χ2v) is 8.80. The largest absolute Gasteiger partial charge is 0.497 e. The number of carbonyl (C=O) groups is 1. The number of aromatic nitrogens is 4. The van der Waals surface area contributed by atoms with Crippen molar-refractivity contribution in [3.63, 3.8) is 0 Å². The maximum atomic E-state index is 12.8. The monoisotopic (exact) mass is 471 g/mol. The number of amides is 2. The third-order valence-corrected chi connectivity index (χ3v) is 6.47. The van der Waals surface area contributed by atoms with Crippen LogP contribution in [0.1, 0.15) is 17.0 Å². The molecule has 1 fully saturated rings. The number of ether oxygens (including phenoxy) is 1. The zero-order chi connectivity index (χ0) is 24.5. The van der Waals surface area contributed by atoms with Gasteiger partial charge in [-0.1, -0.05) is 17.7 Å². The van der Waals surface area contributed by atoms with Gasteiger partial charge in [0.1, 0.15) is 11.3 Å². The van der Waals surface area contributed by atoms with Crippen LogP contribution >= 0.6 is 0 Å². The van der Waals surface area contributed by atoms with E-state index in [1.807, 2.05) is 40.8 Å². The van der Waals surface area contributed by atoms with Crippen LogP contribution in [-0.4, -0.2) is 64.2 Å². The van der Waals surface area contributed by atoms with Crippen LogP contribution in [0.3, 0.4) is 0 Å². The summed E-state index contributed by atoms with van der Waals surface area (Å²) < 4.78 is 7.14. The molecule has 2 aromatic heterocycles. The first-order chi connectivity index (χ1) is 16.9. The van der Waals surface area contributed by atoms with Gasteiger partial charge in [0, 0.05) is 31.9 Å². The molecule has 0 atom stereocenters. The Labute approximate surface area is 204 Å². The number of methoxy groups -OCH3 is 1. The molecule has 1 N–H and O–H groups in total. The van der Waals surface area contributed by atoms with Crippen LogP contribution in [0.15, 0.2) is 48.5 Å². The van der Waals surface area contributed by atoms with Crippen molar-refractivity contribution in [2.45, 2.75) is 20.8 Å². The van der Waals surface area contributed by atoms with Gasteiger partial charge in [-0.15, -0.1) is 5.10 Å². The number of fused-ring (bicyclic) bond motifs is 1. The minimum Gasteiger partial charge on any atom is -0.497 e. The molecule has 2 amide bonds. The highest BCUT2D eigenvalue weighted by atomic mass is 16.5. The van der Waals surface area contributed by atoms with Crippen molar-refractivity contribution in [2.75, 3.05) is 43.5 Å². The minimum atomic E-state index is -0.116. The number of piperazine rings is 1. The summed E-state index contributed by atoms with van der Waals surface area (Å²) in [6.07, 6.45) is 0. The van der Waals surface area contributed by atoms with Crippen molar-refractivity contribution in [2.24, 2.45) is 0 Å². The van der Waals surface area contributed by atoms with Gasteiger partial charge in [0.2, 0.25) is 0 Å². The molecule has 0 radical (unpaired) electrons. The van der Waals surface area contributed by atoms with Crippen LogP contribution in [0.25, 0.3) is 16.6 Å². The summed E-state index contributed by atoms with van der Waals surface area (Å²) in [6.45, 7) is 8.57. The highest BCUT2D eigenvalue weighted by Crippen LogP contribution is 2.30. The van der Waals surface area contributed by atoms with Crippen molar-refractivity contribution >= 4 is 28.4 Å². The second kappa shape index (κ2) is 9.25. The average Bonchev–Trinajstić information content (AvgIpc) is 3.23. The summed E-state index contributed by atoms with van der Waals surface area (Å²) in [5, 5.41) is 17.9. The van der Waals surface area contributed by atoms with Crippen molar-refractivity contribution in [1.29, 1.82) is 0 Å². The van der Waals surface area contributed by atoms with Gasteiger partial charge in [-0.3, -0.25) is 0 Å². The third kappa shape index (κ3) is 4.37. The number of aryl methyl sites for hydroxylation is 3. The van der Waals surface area contributed by atoms with E-state index in [2.05, 4.69) is 58.5 Å². The van der Waals surface area contributed by atoms with E-state index >= 15 is 0 Å². The molecule has 5 rings (SSSR count). The molecule has 1 aliphatic heterocycles. The molecule has 0 spiro atoms. The number of rotatable bonds is 4. The van der Waals surface area contributed by atoms with Crippen LogP contribution < -0.4 is 15.0 Å². The zero-order valence-corrected chi connectivity index (χ0v) is 20.4. The van der Waals surface area contributed by atoms with E-state index in [1.165, 1.54) is 5.56 Å². The Morgan fingerprint density at radius 1 is 0.914 bits per heavy atom. The van der Waals surface area contributed by atoms with Gasteiger partial charge in [0.05, 0.1) is 29.6 Å². The summed E-state index contributed by atoms with van der Waals surface area (Å²) in [6, 6.07) is 15.5. The number of carbonyl (C=O) groups excluding carboxylic acids is 1. The molecule has 35 heavy (non-hydrogen) atoms. The Balaban J connectivity index is 1.34. The second-order valence-electron chi connectivity index (χ2n) is 8.80. The summed E-state index contributed by atoms with van der Waals surface area (Å²) >= 11 is 0. The fraction of sp³-hybridized carbons (Fsp3) is 0.308. The SMILES string of the molecule is COc1ccc(NC(=O)N2CCN(c3nnc(C)c4c(C)n(-c5ccc(C)cc5)nc34)CC2)cc1. The van der Waals surface area contributed by atoms with Crippen LogP contribution in [-0.2, 0) is 0 Å². The molecule has 0 unspecified atom stereocenters. The van der Waals surface area contributed by atoms with E-state index in [-0.39, 0.29) is 6.03 Å². The van der Waals surface area contributed by atoms with Gasteiger partial charge in [-0.05, 0) is 57.2 Å². The van der Waals surface area contributed by atoms with Crippen LogP contribution in [0.4, 0.5) is 16.3 Å². The highest BCUT2D eigenvalue weighted by molar-refractivity contribution is 5.93. The number of hydrogen-bond acceptors (Lipinski definition) is 6. The first-order valence-electron chi connectivity index (χ1n) is 11.7. The Morgan fingerprint density at radius 2 is 1.60 bits per heavy atom. The standard InChI is InChI=1S/C26H29N7O2/c1-17-5-9-21(10-6-17)33-19(3)23-18(2)28-29-25(24(23)30-33)31-13-15-32(16-14-31)26(34)27-20-7-11-22(35-4)12-8-20/h5-12H,13-16H2,1-4H3,(H,27,34). The molecule has 9 heteroatoms. The van der Waals surface area contributed by atoms with E-state index in [1.54, 1.807) is 7.11 Å². The number of nitrogens with one attached hydrogen (secondary N) is 1. The number of urea groups is 1. The van der Waals surface area contributed by atoms with Crippen molar-refractivity contribution < 1.29 is 9.53 Å². The Kier molecular flexibility index (Phi) is 5.98. The lowest BCUT2D eigenvalue weighted by atomic mass is 10.2. The first kappa shape index (κ1) is 22.6. The van der Waals surface area contributed by atoms with E-state index in [4.69, 9.17) is 9.84 Å². The molecular formula is C26H29N7O2. The maximum absolute atomic E-state index is 12.8. The number of anilines is 2. The van der Waals surface area contributed by atoms with Crippen molar-refractivity contribution in [3.8, 4) is 11.4 Å². The average molecular weight is 472 g/mol. The molecule has 9 nitrogen and oxygen atoms in total. The van der Waals surface area contributed by atoms with E-state index in [9.17, 15) is 4.79 Å². The van der Waals surface area contributed by atoms with Gasteiger partial charge < -0.3 is 19.9 Å². The number of hydrogen-bond donors (Lipinski definition) is 1. The molecule has 3 heterocycles. The fourth-order valence-corrected chi connectivity index (χ4v) is 4.46. The zero-order valence-electron chi connectivity index (χ0n) is 20.4. The van der Waals surface area contributed by atoms with Gasteiger partial charge in [-0.2, -0.15) is 10.2 Å². The van der Waals surface area contributed by atoms with E-state index < -0.39 is 0 Å². The van der Waals surface area contributed by atoms with Crippen LogP contribution in [0.5, 0.6) is 5.75 Å². The van der Waals surface area contributed by atoms with Gasteiger partial charge >= 0.3 is 6.03 Å². The quantitative estimate of drug-likeness (QED) is 0.482. The molecule has 1 saturated heterocycles. The van der Waals surface area contributed by atoms with Gasteiger partial charge in [0.25, 0.3) is 0 Å². The topological polar surface area (TPSA) is 88.4 Å². The van der Waals surface area contributed by atoms with E-state index in [0.717, 1.165) is 45.2 Å². The molecule has 180 valence electrons. The molecule has 0 bridgehead atoms. The molecule has 2 aromatic carbocycles. The summed E-state index contributed by atoms with van der Waals surface area (Å²) in [4.78, 5) is 16.8. The van der Waals surface area contributed by atoms with Crippen molar-refractivity contribution in [1.82, 2.24) is 24.9 Å². The molecular weight excluding hydrogens is 442 g/mol. The molecule has 0 aliphatic carbocycles. The van der Waals surface area contributed by atoms with Crippen molar-refractivity contribution in [3.05, 3.63) is 65.5 Å². The Hall–Kier alpha value is -4.14. The third-order valence-electron chi connectivity index (χ3n) is 6.47. The lowest BCUT2D eigenvalue weighted by Gasteiger charge is -2.35. The fourth-order valence-electron chi connectivity index (χ4n) is 4.46. The van der Waals surface area contributed by atoms with Crippen LogP contribution in [0, 0.1) is 20.8 Å². The van der Waals surface area contributed by atoms with Crippen LogP contribution in [0.2, 0.25) is 0 Å². The Bertz CT molecular complexity index is 1360. The number of benzene rings is 2. The Morgan fingerprint density at radius 3 is 2.26 bits per heavy atom. The molecule has 0 saturated carbocycles. The smallest absolute Gasteiger partial charge is 0.321 e. The maximum Gasteiger partial charge on any atom is 0.321 e. The van der Waals surface area contributed by atoms with E-state index in [0.29, 0.717) is 26.2 Å². The summed E-state index contributed by atoms with van der Waals surface area (Å²) in [7, 11) is 1.62. The number of nitrogens with zero attached hydrogens (tertiary/aromatic N) is 6. The molecule has 1 aliphatic rings. The normalized spacial score (nSPS) is 13.8. The predicted octanol–water partition coefficient (Wildman–Crippen LogP) is 4.10. The predicted molar refractivity (Wildman–Crippen MR) is 137 cm³/mol. The highest BCUT2D eigenvalue weighted by Gasteiger charge is 2.26. The van der Waals surface area contributed by atoms with Gasteiger partial charge in [0.15, 0.2) is 5.82 Å². The first-order valence-corrected chi connectivity index (χ1v) is 11.7. The lowest BCUT2D eigenvalue weighted by molar-refractivity contribution is 0.208. The van der Waals surface area contributed by atoms with Gasteiger partial charge in [-0.25, -0.2) is 9.48 Å².